The Kier molecular flexibility index (Phi) is 4.53. The van der Waals surface area contributed by atoms with Crippen molar-refractivity contribution in [3.05, 3.63) is 100 Å². The van der Waals surface area contributed by atoms with Gasteiger partial charge in [0.05, 0.1) is 28.3 Å². The van der Waals surface area contributed by atoms with Crippen LogP contribution in [0.15, 0.2) is 87.7 Å². The number of nitrogens with zero attached hydrogens (tertiary/aromatic N) is 3. The first-order chi connectivity index (χ1) is 14.1. The lowest BCUT2D eigenvalue weighted by atomic mass is 10.0. The van der Waals surface area contributed by atoms with E-state index in [1.54, 1.807) is 11.8 Å². The van der Waals surface area contributed by atoms with Gasteiger partial charge in [0.2, 0.25) is 0 Å². The Labute approximate surface area is 179 Å². The van der Waals surface area contributed by atoms with Crippen molar-refractivity contribution in [2.45, 2.75) is 23.8 Å². The SMILES string of the molecule is Cc1ccc2c(c1)Sc1c(c(C)nn1-c1ccccc1)C(c1ccc(Cl)cc1)=N2. The van der Waals surface area contributed by atoms with Crippen LogP contribution in [0.2, 0.25) is 5.02 Å². The standard InChI is InChI=1S/C24H18ClN3S/c1-15-8-13-20-21(14-15)29-24-22(23(26-20)17-9-11-18(25)12-10-17)16(2)27-28(24)19-6-4-3-5-7-19/h3-14H,1-2H3. The zero-order chi connectivity index (χ0) is 20.0. The van der Waals surface area contributed by atoms with E-state index in [1.165, 1.54) is 5.56 Å². The Morgan fingerprint density at radius 2 is 1.66 bits per heavy atom. The number of fused-ring (bicyclic) bond motifs is 2. The predicted octanol–water partition coefficient (Wildman–Crippen LogP) is 6.78. The van der Waals surface area contributed by atoms with E-state index >= 15 is 0 Å². The number of aryl methyl sites for hydroxylation is 2. The molecule has 3 aromatic carbocycles. The molecule has 142 valence electrons. The Morgan fingerprint density at radius 3 is 2.41 bits per heavy atom. The molecule has 0 saturated carbocycles. The van der Waals surface area contributed by atoms with Crippen LogP contribution in [0.5, 0.6) is 0 Å². The minimum atomic E-state index is 0.713. The second kappa shape index (κ2) is 7.21. The fourth-order valence-electron chi connectivity index (χ4n) is 3.51. The quantitative estimate of drug-likeness (QED) is 0.318. The number of aromatic nitrogens is 2. The maximum absolute atomic E-state index is 6.14. The number of benzene rings is 3. The molecule has 0 amide bonds. The highest BCUT2D eigenvalue weighted by molar-refractivity contribution is 7.99. The van der Waals surface area contributed by atoms with Crippen LogP contribution >= 0.6 is 23.4 Å². The third-order valence-corrected chi connectivity index (χ3v) is 6.30. The number of hydrogen-bond donors (Lipinski definition) is 0. The number of hydrogen-bond acceptors (Lipinski definition) is 3. The molecule has 0 atom stereocenters. The van der Waals surface area contributed by atoms with Gasteiger partial charge >= 0.3 is 0 Å². The van der Waals surface area contributed by atoms with Crippen molar-refractivity contribution in [3.8, 4) is 5.69 Å². The van der Waals surface area contributed by atoms with Crippen molar-refractivity contribution in [3.63, 3.8) is 0 Å². The van der Waals surface area contributed by atoms with Crippen molar-refractivity contribution < 1.29 is 0 Å². The number of halogens is 1. The molecule has 0 aliphatic carbocycles. The molecule has 1 aliphatic heterocycles. The minimum Gasteiger partial charge on any atom is -0.246 e. The predicted molar refractivity (Wildman–Crippen MR) is 120 cm³/mol. The fourth-order valence-corrected chi connectivity index (χ4v) is 4.89. The van der Waals surface area contributed by atoms with Crippen molar-refractivity contribution in [2.24, 2.45) is 4.99 Å². The second-order valence-corrected chi connectivity index (χ2v) is 8.52. The molecule has 1 aromatic heterocycles. The van der Waals surface area contributed by atoms with Gasteiger partial charge < -0.3 is 0 Å². The van der Waals surface area contributed by atoms with Crippen LogP contribution < -0.4 is 0 Å². The molecule has 0 fully saturated rings. The van der Waals surface area contributed by atoms with E-state index in [-0.39, 0.29) is 0 Å². The summed E-state index contributed by atoms with van der Waals surface area (Å²) in [5.41, 5.74) is 7.19. The van der Waals surface area contributed by atoms with Crippen molar-refractivity contribution in [2.75, 3.05) is 0 Å². The molecule has 1 aliphatic rings. The topological polar surface area (TPSA) is 30.2 Å². The summed E-state index contributed by atoms with van der Waals surface area (Å²) in [6.07, 6.45) is 0. The first-order valence-corrected chi connectivity index (χ1v) is 10.6. The summed E-state index contributed by atoms with van der Waals surface area (Å²) in [5, 5.41) is 6.67. The highest BCUT2D eigenvalue weighted by Gasteiger charge is 2.26. The normalized spacial score (nSPS) is 12.7. The highest BCUT2D eigenvalue weighted by atomic mass is 35.5. The van der Waals surface area contributed by atoms with Crippen LogP contribution in [0, 0.1) is 13.8 Å². The van der Waals surface area contributed by atoms with Crippen molar-refractivity contribution in [1.82, 2.24) is 9.78 Å². The zero-order valence-electron chi connectivity index (χ0n) is 16.1. The average molecular weight is 416 g/mol. The van der Waals surface area contributed by atoms with Gasteiger partial charge in [-0.25, -0.2) is 9.67 Å². The summed E-state index contributed by atoms with van der Waals surface area (Å²) >= 11 is 7.86. The summed E-state index contributed by atoms with van der Waals surface area (Å²) < 4.78 is 2.03. The molecule has 5 rings (SSSR count). The van der Waals surface area contributed by atoms with E-state index in [1.807, 2.05) is 54.1 Å². The zero-order valence-corrected chi connectivity index (χ0v) is 17.6. The van der Waals surface area contributed by atoms with E-state index in [4.69, 9.17) is 21.7 Å². The average Bonchev–Trinajstić information content (AvgIpc) is 2.95. The fraction of sp³-hybridized carbons (Fsp3) is 0.0833. The summed E-state index contributed by atoms with van der Waals surface area (Å²) in [7, 11) is 0. The maximum atomic E-state index is 6.14. The van der Waals surface area contributed by atoms with Crippen LogP contribution in [-0.2, 0) is 0 Å². The Morgan fingerprint density at radius 1 is 0.897 bits per heavy atom. The van der Waals surface area contributed by atoms with Gasteiger partial charge in [-0.2, -0.15) is 5.10 Å². The lowest BCUT2D eigenvalue weighted by molar-refractivity contribution is 0.793. The molecule has 0 bridgehead atoms. The molecule has 0 N–H and O–H groups in total. The number of aliphatic imine (C=N–C) groups is 1. The molecule has 4 aromatic rings. The third kappa shape index (κ3) is 3.28. The lowest BCUT2D eigenvalue weighted by Gasteiger charge is -2.09. The molecular formula is C24H18ClN3S. The van der Waals surface area contributed by atoms with Gasteiger partial charge in [0.1, 0.15) is 5.03 Å². The van der Waals surface area contributed by atoms with Crippen LogP contribution in [0.1, 0.15) is 22.4 Å². The minimum absolute atomic E-state index is 0.713. The van der Waals surface area contributed by atoms with Crippen molar-refractivity contribution >= 4 is 34.8 Å². The molecule has 2 heterocycles. The smallest absolute Gasteiger partial charge is 0.114 e. The largest absolute Gasteiger partial charge is 0.246 e. The van der Waals surface area contributed by atoms with E-state index in [9.17, 15) is 0 Å². The number of para-hydroxylation sites is 1. The van der Waals surface area contributed by atoms with Gasteiger partial charge in [0, 0.05) is 15.5 Å². The van der Waals surface area contributed by atoms with Crippen LogP contribution in [0.4, 0.5) is 5.69 Å². The van der Waals surface area contributed by atoms with E-state index < -0.39 is 0 Å². The van der Waals surface area contributed by atoms with Gasteiger partial charge in [-0.05, 0) is 55.8 Å². The summed E-state index contributed by atoms with van der Waals surface area (Å²) in [5.74, 6) is 0. The molecule has 5 heteroatoms. The number of rotatable bonds is 2. The van der Waals surface area contributed by atoms with E-state index in [0.29, 0.717) is 5.02 Å². The van der Waals surface area contributed by atoms with Gasteiger partial charge in [-0.1, -0.05) is 59.8 Å². The van der Waals surface area contributed by atoms with Crippen LogP contribution in [0.3, 0.4) is 0 Å². The molecular weight excluding hydrogens is 398 g/mol. The Balaban J connectivity index is 1.80. The monoisotopic (exact) mass is 415 g/mol. The summed E-state index contributed by atoms with van der Waals surface area (Å²) in [4.78, 5) is 6.22. The van der Waals surface area contributed by atoms with Crippen molar-refractivity contribution in [1.29, 1.82) is 0 Å². The first kappa shape index (κ1) is 18.2. The van der Waals surface area contributed by atoms with Gasteiger partial charge in [0.25, 0.3) is 0 Å². The highest BCUT2D eigenvalue weighted by Crippen LogP contribution is 2.43. The maximum Gasteiger partial charge on any atom is 0.114 e. The van der Waals surface area contributed by atoms with E-state index in [0.717, 1.165) is 43.8 Å². The summed E-state index contributed by atoms with van der Waals surface area (Å²) in [6.45, 7) is 4.15. The van der Waals surface area contributed by atoms with Crippen LogP contribution in [0.25, 0.3) is 5.69 Å². The Hall–Kier alpha value is -2.82. The van der Waals surface area contributed by atoms with E-state index in [2.05, 4.69) is 37.3 Å². The molecule has 0 unspecified atom stereocenters. The first-order valence-electron chi connectivity index (χ1n) is 9.39. The molecule has 0 saturated heterocycles. The van der Waals surface area contributed by atoms with Gasteiger partial charge in [0.15, 0.2) is 0 Å². The van der Waals surface area contributed by atoms with Gasteiger partial charge in [-0.15, -0.1) is 0 Å². The molecule has 0 spiro atoms. The molecule has 3 nitrogen and oxygen atoms in total. The summed E-state index contributed by atoms with van der Waals surface area (Å²) in [6, 6.07) is 24.5. The Bertz CT molecular complexity index is 1240. The lowest BCUT2D eigenvalue weighted by Crippen LogP contribution is -2.05. The van der Waals surface area contributed by atoms with Gasteiger partial charge in [-0.3, -0.25) is 0 Å². The van der Waals surface area contributed by atoms with Crippen LogP contribution in [-0.4, -0.2) is 15.5 Å². The third-order valence-electron chi connectivity index (χ3n) is 4.93. The molecule has 0 radical (unpaired) electrons. The second-order valence-electron chi connectivity index (χ2n) is 7.05. The molecule has 29 heavy (non-hydrogen) atoms.